The molecular weight excluding hydrogens is 401 g/mol. The van der Waals surface area contributed by atoms with Gasteiger partial charge in [0.05, 0.1) is 38.1 Å². The summed E-state index contributed by atoms with van der Waals surface area (Å²) < 4.78 is 30.2. The van der Waals surface area contributed by atoms with Gasteiger partial charge in [0.1, 0.15) is 17.3 Å². The minimum absolute atomic E-state index is 0.0657. The topological polar surface area (TPSA) is 72.0 Å². The van der Waals surface area contributed by atoms with Crippen LogP contribution in [0, 0.1) is 11.7 Å². The van der Waals surface area contributed by atoms with E-state index in [0.29, 0.717) is 51.0 Å². The van der Waals surface area contributed by atoms with Gasteiger partial charge in [-0.3, -0.25) is 4.79 Å². The minimum atomic E-state index is -0.314. The number of benzene rings is 1. The number of amides is 1. The van der Waals surface area contributed by atoms with E-state index in [4.69, 9.17) is 13.7 Å². The van der Waals surface area contributed by atoms with Crippen LogP contribution in [0.3, 0.4) is 0 Å². The van der Waals surface area contributed by atoms with Crippen molar-refractivity contribution in [3.05, 3.63) is 59.8 Å². The summed E-state index contributed by atoms with van der Waals surface area (Å²) in [6.07, 6.45) is 3.44. The zero-order chi connectivity index (χ0) is 21.2. The van der Waals surface area contributed by atoms with E-state index < -0.39 is 0 Å². The first kappa shape index (κ1) is 19.8. The Bertz CT molecular complexity index is 1020. The van der Waals surface area contributed by atoms with Gasteiger partial charge in [0.25, 0.3) is 0 Å². The highest BCUT2D eigenvalue weighted by molar-refractivity contribution is 5.81. The van der Waals surface area contributed by atoms with Gasteiger partial charge in [-0.2, -0.15) is 0 Å². The molecule has 8 heteroatoms. The van der Waals surface area contributed by atoms with Gasteiger partial charge in [-0.25, -0.2) is 4.39 Å². The van der Waals surface area contributed by atoms with Gasteiger partial charge in [-0.05, 0) is 49.2 Å². The van der Waals surface area contributed by atoms with Crippen LogP contribution < -0.4 is 4.90 Å². The Kier molecular flexibility index (Phi) is 5.46. The van der Waals surface area contributed by atoms with E-state index in [-0.39, 0.29) is 17.6 Å². The van der Waals surface area contributed by atoms with Crippen LogP contribution in [-0.4, -0.2) is 42.3 Å². The molecule has 0 unspecified atom stereocenters. The Morgan fingerprint density at radius 2 is 1.90 bits per heavy atom. The maximum absolute atomic E-state index is 13.5. The van der Waals surface area contributed by atoms with E-state index in [1.54, 1.807) is 23.3 Å². The lowest BCUT2D eigenvalue weighted by Gasteiger charge is -2.28. The molecule has 0 atom stereocenters. The van der Waals surface area contributed by atoms with Crippen LogP contribution in [0.1, 0.15) is 24.2 Å². The van der Waals surface area contributed by atoms with Crippen molar-refractivity contribution in [2.75, 3.05) is 31.2 Å². The molecule has 2 aromatic heterocycles. The van der Waals surface area contributed by atoms with E-state index in [1.807, 2.05) is 12.1 Å². The van der Waals surface area contributed by atoms with E-state index in [2.05, 4.69) is 10.1 Å². The van der Waals surface area contributed by atoms with Gasteiger partial charge < -0.3 is 23.5 Å². The van der Waals surface area contributed by atoms with Crippen molar-refractivity contribution in [3.63, 3.8) is 0 Å². The number of rotatable bonds is 7. The molecule has 0 spiro atoms. The molecule has 0 radical (unpaired) electrons. The number of halogens is 1. The monoisotopic (exact) mass is 425 g/mol. The third-order valence-electron chi connectivity index (χ3n) is 5.70. The molecule has 1 aliphatic heterocycles. The molecule has 1 aromatic carbocycles. The second-order valence-electron chi connectivity index (χ2n) is 7.97. The SMILES string of the molecule is O=C(C1CC1)N(Cc1ccco1)Cc1c(-c2ccc(F)cc2)noc1N1CCOCC1. The molecule has 1 aliphatic carbocycles. The predicted octanol–water partition coefficient (Wildman–Crippen LogP) is 3.85. The lowest BCUT2D eigenvalue weighted by atomic mass is 10.1. The fourth-order valence-electron chi connectivity index (χ4n) is 3.87. The number of carbonyl (C=O) groups is 1. The molecule has 2 aliphatic rings. The lowest BCUT2D eigenvalue weighted by Crippen LogP contribution is -2.37. The normalized spacial score (nSPS) is 16.5. The standard InChI is InChI=1S/C23H24FN3O4/c24-18-7-5-16(6-8-18)21-20(23(31-25-21)26-9-12-29-13-10-26)15-27(22(28)17-3-4-17)14-19-2-1-11-30-19/h1-2,5-8,11,17H,3-4,9-10,12-15H2. The van der Waals surface area contributed by atoms with Crippen LogP contribution in [0.5, 0.6) is 0 Å². The number of carbonyl (C=O) groups excluding carboxylic acids is 1. The zero-order valence-electron chi connectivity index (χ0n) is 17.1. The molecule has 162 valence electrons. The molecule has 1 saturated heterocycles. The Labute approximate surface area is 179 Å². The molecular formula is C23H24FN3O4. The molecule has 0 N–H and O–H groups in total. The number of ether oxygens (including phenoxy) is 1. The smallest absolute Gasteiger partial charge is 0.233 e. The van der Waals surface area contributed by atoms with Crippen LogP contribution in [0.15, 0.2) is 51.6 Å². The van der Waals surface area contributed by atoms with E-state index in [1.165, 1.54) is 12.1 Å². The van der Waals surface area contributed by atoms with Gasteiger partial charge in [-0.1, -0.05) is 5.16 Å². The highest BCUT2D eigenvalue weighted by Gasteiger charge is 2.35. The largest absolute Gasteiger partial charge is 0.467 e. The van der Waals surface area contributed by atoms with Gasteiger partial charge in [0.15, 0.2) is 0 Å². The van der Waals surface area contributed by atoms with Crippen molar-refractivity contribution >= 4 is 11.8 Å². The van der Waals surface area contributed by atoms with Crippen LogP contribution in [0.4, 0.5) is 10.3 Å². The average molecular weight is 425 g/mol. The first-order chi connectivity index (χ1) is 15.2. The van der Waals surface area contributed by atoms with Crippen molar-refractivity contribution < 1.29 is 22.9 Å². The molecule has 1 amide bonds. The van der Waals surface area contributed by atoms with Gasteiger partial charge in [0, 0.05) is 24.6 Å². The van der Waals surface area contributed by atoms with Crippen molar-refractivity contribution in [1.29, 1.82) is 0 Å². The van der Waals surface area contributed by atoms with Crippen molar-refractivity contribution in [2.24, 2.45) is 5.92 Å². The summed E-state index contributed by atoms with van der Waals surface area (Å²) >= 11 is 0. The summed E-state index contributed by atoms with van der Waals surface area (Å²) in [4.78, 5) is 17.0. The van der Waals surface area contributed by atoms with Crippen LogP contribution in [0.25, 0.3) is 11.3 Å². The van der Waals surface area contributed by atoms with Gasteiger partial charge >= 0.3 is 0 Å². The second-order valence-corrected chi connectivity index (χ2v) is 7.97. The summed E-state index contributed by atoms with van der Waals surface area (Å²) in [7, 11) is 0. The molecule has 3 heterocycles. The summed E-state index contributed by atoms with van der Waals surface area (Å²) in [6, 6.07) is 9.84. The molecule has 0 bridgehead atoms. The molecule has 2 fully saturated rings. The van der Waals surface area contributed by atoms with Crippen LogP contribution >= 0.6 is 0 Å². The third-order valence-corrected chi connectivity index (χ3v) is 5.70. The Morgan fingerprint density at radius 1 is 1.13 bits per heavy atom. The first-order valence-corrected chi connectivity index (χ1v) is 10.6. The number of hydrogen-bond donors (Lipinski definition) is 0. The fraction of sp³-hybridized carbons (Fsp3) is 0.391. The zero-order valence-corrected chi connectivity index (χ0v) is 17.1. The summed E-state index contributed by atoms with van der Waals surface area (Å²) in [5.74, 6) is 1.22. The van der Waals surface area contributed by atoms with Crippen LogP contribution in [0.2, 0.25) is 0 Å². The second kappa shape index (κ2) is 8.55. The van der Waals surface area contributed by atoms with Gasteiger partial charge in [-0.15, -0.1) is 0 Å². The van der Waals surface area contributed by atoms with E-state index in [9.17, 15) is 9.18 Å². The maximum atomic E-state index is 13.5. The summed E-state index contributed by atoms with van der Waals surface area (Å²) in [5, 5.41) is 4.32. The lowest BCUT2D eigenvalue weighted by molar-refractivity contribution is -0.134. The molecule has 31 heavy (non-hydrogen) atoms. The maximum Gasteiger partial charge on any atom is 0.233 e. The summed E-state index contributed by atoms with van der Waals surface area (Å²) in [5.41, 5.74) is 2.18. The number of anilines is 1. The van der Waals surface area contributed by atoms with Crippen molar-refractivity contribution in [2.45, 2.75) is 25.9 Å². The Hall–Kier alpha value is -3.13. The number of furan rings is 1. The quantitative estimate of drug-likeness (QED) is 0.573. The molecule has 1 saturated carbocycles. The number of morpholine rings is 1. The third kappa shape index (κ3) is 4.34. The number of nitrogens with zero attached hydrogens (tertiary/aromatic N) is 3. The highest BCUT2D eigenvalue weighted by atomic mass is 19.1. The first-order valence-electron chi connectivity index (χ1n) is 10.6. The van der Waals surface area contributed by atoms with E-state index >= 15 is 0 Å². The fourth-order valence-corrected chi connectivity index (χ4v) is 3.87. The highest BCUT2D eigenvalue weighted by Crippen LogP contribution is 2.36. The number of aromatic nitrogens is 1. The molecule has 5 rings (SSSR count). The Balaban J connectivity index is 1.51. The van der Waals surface area contributed by atoms with Crippen molar-refractivity contribution in [3.8, 4) is 11.3 Å². The predicted molar refractivity (Wildman–Crippen MR) is 111 cm³/mol. The summed E-state index contributed by atoms with van der Waals surface area (Å²) in [6.45, 7) is 3.27. The Morgan fingerprint density at radius 3 is 2.58 bits per heavy atom. The molecule has 3 aromatic rings. The van der Waals surface area contributed by atoms with Crippen LogP contribution in [-0.2, 0) is 22.6 Å². The van der Waals surface area contributed by atoms with E-state index in [0.717, 1.165) is 29.7 Å². The van der Waals surface area contributed by atoms with Crippen molar-refractivity contribution in [1.82, 2.24) is 10.1 Å². The average Bonchev–Trinajstić information content (AvgIpc) is 3.37. The number of hydrogen-bond acceptors (Lipinski definition) is 6. The molecule has 7 nitrogen and oxygen atoms in total. The van der Waals surface area contributed by atoms with Gasteiger partial charge in [0.2, 0.25) is 11.8 Å². The minimum Gasteiger partial charge on any atom is -0.467 e.